The van der Waals surface area contributed by atoms with Crippen molar-refractivity contribution >= 4 is 29.9 Å². The predicted octanol–water partition coefficient (Wildman–Crippen LogP) is 2.79. The summed E-state index contributed by atoms with van der Waals surface area (Å²) in [6, 6.07) is 12.9. The molecule has 25 heavy (non-hydrogen) atoms. The molecule has 0 radical (unpaired) electrons. The first-order chi connectivity index (χ1) is 11.9. The van der Waals surface area contributed by atoms with Crippen LogP contribution in [0.1, 0.15) is 30.1 Å². The van der Waals surface area contributed by atoms with Gasteiger partial charge in [0, 0.05) is 19.7 Å². The lowest BCUT2D eigenvalue weighted by Gasteiger charge is -2.28. The number of guanidine groups is 1. The third kappa shape index (κ3) is 5.71. The molecule has 2 N–H and O–H groups in total. The van der Waals surface area contributed by atoms with Crippen LogP contribution in [0.5, 0.6) is 0 Å². The van der Waals surface area contributed by atoms with Crippen molar-refractivity contribution in [2.75, 3.05) is 26.7 Å². The van der Waals surface area contributed by atoms with Gasteiger partial charge in [-0.25, -0.2) is 0 Å². The SMILES string of the molecule is CN=C(NCc1ccon1)NCC(c1ccccc1)N1CCCC1.I. The monoisotopic (exact) mass is 455 g/mol. The van der Waals surface area contributed by atoms with Gasteiger partial charge in [0.05, 0.1) is 12.6 Å². The first-order valence-electron chi connectivity index (χ1n) is 8.49. The van der Waals surface area contributed by atoms with Gasteiger partial charge in [-0.05, 0) is 31.5 Å². The second-order valence-electron chi connectivity index (χ2n) is 5.97. The highest BCUT2D eigenvalue weighted by molar-refractivity contribution is 14.0. The molecule has 6 nitrogen and oxygen atoms in total. The van der Waals surface area contributed by atoms with Gasteiger partial charge < -0.3 is 15.2 Å². The van der Waals surface area contributed by atoms with Crippen molar-refractivity contribution in [3.05, 3.63) is 53.9 Å². The first-order valence-corrected chi connectivity index (χ1v) is 8.49. The fourth-order valence-corrected chi connectivity index (χ4v) is 3.10. The Labute approximate surface area is 166 Å². The first kappa shape index (κ1) is 19.7. The Bertz CT molecular complexity index is 626. The molecule has 1 saturated heterocycles. The fourth-order valence-electron chi connectivity index (χ4n) is 3.10. The van der Waals surface area contributed by atoms with Crippen LogP contribution < -0.4 is 10.6 Å². The van der Waals surface area contributed by atoms with Crippen molar-refractivity contribution < 1.29 is 4.52 Å². The average molecular weight is 455 g/mol. The lowest BCUT2D eigenvalue weighted by molar-refractivity contribution is 0.245. The summed E-state index contributed by atoms with van der Waals surface area (Å²) in [6.45, 7) is 3.73. The minimum absolute atomic E-state index is 0. The number of nitrogens with one attached hydrogen (secondary N) is 2. The van der Waals surface area contributed by atoms with Crippen molar-refractivity contribution in [1.82, 2.24) is 20.7 Å². The summed E-state index contributed by atoms with van der Waals surface area (Å²) < 4.78 is 4.85. The number of rotatable bonds is 6. The van der Waals surface area contributed by atoms with Crippen molar-refractivity contribution in [2.45, 2.75) is 25.4 Å². The zero-order valence-corrected chi connectivity index (χ0v) is 16.8. The predicted molar refractivity (Wildman–Crippen MR) is 110 cm³/mol. The molecule has 7 heteroatoms. The van der Waals surface area contributed by atoms with E-state index in [9.17, 15) is 0 Å². The summed E-state index contributed by atoms with van der Waals surface area (Å²) >= 11 is 0. The Morgan fingerprint density at radius 1 is 1.20 bits per heavy atom. The highest BCUT2D eigenvalue weighted by atomic mass is 127. The fraction of sp³-hybridized carbons (Fsp3) is 0.444. The maximum Gasteiger partial charge on any atom is 0.191 e. The van der Waals surface area contributed by atoms with Gasteiger partial charge >= 0.3 is 0 Å². The molecule has 2 aromatic rings. The molecule has 1 aromatic carbocycles. The molecule has 136 valence electrons. The highest BCUT2D eigenvalue weighted by Crippen LogP contribution is 2.24. The molecule has 0 saturated carbocycles. The number of halogens is 1. The molecular formula is C18H26IN5O. The summed E-state index contributed by atoms with van der Waals surface area (Å²) in [6.07, 6.45) is 4.14. The Kier molecular flexibility index (Phi) is 8.20. The number of hydrogen-bond acceptors (Lipinski definition) is 4. The molecule has 1 aliphatic rings. The number of likely N-dealkylation sites (tertiary alicyclic amines) is 1. The van der Waals surface area contributed by atoms with Gasteiger partial charge in [0.2, 0.25) is 0 Å². The summed E-state index contributed by atoms with van der Waals surface area (Å²) in [7, 11) is 1.78. The van der Waals surface area contributed by atoms with Crippen LogP contribution >= 0.6 is 24.0 Å². The Morgan fingerprint density at radius 2 is 1.96 bits per heavy atom. The van der Waals surface area contributed by atoms with Gasteiger partial charge in [0.15, 0.2) is 5.96 Å². The summed E-state index contributed by atoms with van der Waals surface area (Å²) in [4.78, 5) is 6.85. The molecule has 1 aromatic heterocycles. The van der Waals surface area contributed by atoms with Gasteiger partial charge in [0.1, 0.15) is 12.0 Å². The number of aromatic nitrogens is 1. The number of hydrogen-bond donors (Lipinski definition) is 2. The average Bonchev–Trinajstić information content (AvgIpc) is 3.32. The van der Waals surface area contributed by atoms with Crippen LogP contribution in [0, 0.1) is 0 Å². The van der Waals surface area contributed by atoms with Crippen LogP contribution in [0.25, 0.3) is 0 Å². The van der Waals surface area contributed by atoms with E-state index in [2.05, 4.69) is 56.0 Å². The van der Waals surface area contributed by atoms with Crippen molar-refractivity contribution in [2.24, 2.45) is 4.99 Å². The smallest absolute Gasteiger partial charge is 0.191 e. The maximum atomic E-state index is 4.85. The highest BCUT2D eigenvalue weighted by Gasteiger charge is 2.23. The van der Waals surface area contributed by atoms with Crippen LogP contribution in [0.2, 0.25) is 0 Å². The van der Waals surface area contributed by atoms with E-state index < -0.39 is 0 Å². The van der Waals surface area contributed by atoms with Crippen molar-refractivity contribution in [1.29, 1.82) is 0 Å². The largest absolute Gasteiger partial charge is 0.364 e. The third-order valence-electron chi connectivity index (χ3n) is 4.38. The van der Waals surface area contributed by atoms with E-state index in [0.29, 0.717) is 12.6 Å². The van der Waals surface area contributed by atoms with Crippen molar-refractivity contribution in [3.8, 4) is 0 Å². The van der Waals surface area contributed by atoms with Crippen LogP contribution in [0.3, 0.4) is 0 Å². The lowest BCUT2D eigenvalue weighted by atomic mass is 10.1. The van der Waals surface area contributed by atoms with E-state index in [1.807, 2.05) is 6.07 Å². The number of nitrogens with zero attached hydrogens (tertiary/aromatic N) is 3. The van der Waals surface area contributed by atoms with E-state index >= 15 is 0 Å². The van der Waals surface area contributed by atoms with E-state index in [4.69, 9.17) is 4.52 Å². The second-order valence-corrected chi connectivity index (χ2v) is 5.97. The van der Waals surface area contributed by atoms with Gasteiger partial charge in [-0.3, -0.25) is 9.89 Å². The molecule has 1 unspecified atom stereocenters. The molecule has 2 heterocycles. The quantitative estimate of drug-likeness (QED) is 0.399. The van der Waals surface area contributed by atoms with Crippen LogP contribution in [-0.4, -0.2) is 42.7 Å². The molecule has 3 rings (SSSR count). The molecule has 1 fully saturated rings. The lowest BCUT2D eigenvalue weighted by Crippen LogP contribution is -2.42. The Hall–Kier alpha value is -1.61. The normalized spacial score (nSPS) is 16.3. The minimum atomic E-state index is 0. The van der Waals surface area contributed by atoms with E-state index in [1.54, 1.807) is 13.3 Å². The summed E-state index contributed by atoms with van der Waals surface area (Å²) in [5, 5.41) is 10.6. The van der Waals surface area contributed by atoms with E-state index in [1.165, 1.54) is 18.4 Å². The number of benzene rings is 1. The van der Waals surface area contributed by atoms with Crippen LogP contribution in [-0.2, 0) is 6.54 Å². The zero-order chi connectivity index (χ0) is 16.6. The second kappa shape index (κ2) is 10.4. The molecule has 1 aliphatic heterocycles. The molecule has 0 bridgehead atoms. The third-order valence-corrected chi connectivity index (χ3v) is 4.38. The van der Waals surface area contributed by atoms with Crippen LogP contribution in [0.4, 0.5) is 0 Å². The van der Waals surface area contributed by atoms with E-state index in [0.717, 1.165) is 31.3 Å². The topological polar surface area (TPSA) is 65.7 Å². The molecule has 1 atom stereocenters. The molecular weight excluding hydrogens is 429 g/mol. The Morgan fingerprint density at radius 3 is 2.60 bits per heavy atom. The van der Waals surface area contributed by atoms with E-state index in [-0.39, 0.29) is 24.0 Å². The Balaban J connectivity index is 0.00000225. The van der Waals surface area contributed by atoms with Crippen molar-refractivity contribution in [3.63, 3.8) is 0 Å². The van der Waals surface area contributed by atoms with Gasteiger partial charge in [-0.1, -0.05) is 35.5 Å². The summed E-state index contributed by atoms with van der Waals surface area (Å²) in [5.74, 6) is 0.776. The standard InChI is InChI=1S/C18H25N5O.HI/c1-19-18(20-13-16-9-12-24-22-16)21-14-17(23-10-5-6-11-23)15-7-3-2-4-8-15;/h2-4,7-9,12,17H,5-6,10-11,13-14H2,1H3,(H2,19,20,21);1H. The molecule has 0 aliphatic carbocycles. The van der Waals surface area contributed by atoms with Crippen LogP contribution in [0.15, 0.2) is 52.2 Å². The van der Waals surface area contributed by atoms with Gasteiger partial charge in [0.25, 0.3) is 0 Å². The van der Waals surface area contributed by atoms with Gasteiger partial charge in [-0.15, -0.1) is 24.0 Å². The maximum absolute atomic E-state index is 4.85. The minimum Gasteiger partial charge on any atom is -0.364 e. The zero-order valence-electron chi connectivity index (χ0n) is 14.5. The molecule has 0 amide bonds. The summed E-state index contributed by atoms with van der Waals surface area (Å²) in [5.41, 5.74) is 2.20. The van der Waals surface area contributed by atoms with Gasteiger partial charge in [-0.2, -0.15) is 0 Å². The number of aliphatic imine (C=N–C) groups is 1. The molecule has 0 spiro atoms.